The van der Waals surface area contributed by atoms with Crippen LogP contribution in [-0.4, -0.2) is 32.1 Å². The summed E-state index contributed by atoms with van der Waals surface area (Å²) in [5, 5.41) is 0. The zero-order valence-corrected chi connectivity index (χ0v) is 10.5. The molecule has 0 aliphatic carbocycles. The van der Waals surface area contributed by atoms with Crippen LogP contribution < -0.4 is 10.5 Å². The molecule has 0 aliphatic rings. The topological polar surface area (TPSA) is 38.5 Å². The van der Waals surface area contributed by atoms with E-state index in [0.717, 1.165) is 12.1 Å². The van der Waals surface area contributed by atoms with Crippen LogP contribution in [0, 0.1) is 11.6 Å². The first-order valence-electron chi connectivity index (χ1n) is 5.33. The van der Waals surface area contributed by atoms with E-state index in [1.54, 1.807) is 25.9 Å². The van der Waals surface area contributed by atoms with Gasteiger partial charge in [-0.3, -0.25) is 0 Å². The van der Waals surface area contributed by atoms with Gasteiger partial charge in [-0.2, -0.15) is 0 Å². The van der Waals surface area contributed by atoms with Crippen molar-refractivity contribution >= 4 is 0 Å². The van der Waals surface area contributed by atoms with Crippen LogP contribution in [-0.2, 0) is 0 Å². The van der Waals surface area contributed by atoms with Gasteiger partial charge in [0.05, 0.1) is 13.2 Å². The molecule has 3 nitrogen and oxygen atoms in total. The van der Waals surface area contributed by atoms with Crippen LogP contribution >= 0.6 is 0 Å². The molecule has 0 saturated carbocycles. The number of nitrogens with two attached hydrogens (primary N) is 1. The van der Waals surface area contributed by atoms with Crippen molar-refractivity contribution in [3.8, 4) is 5.75 Å². The number of halogens is 2. The SMILES string of the molecule is COc1cc(F)c(C(C(C)N)N(C)C)cc1F. The van der Waals surface area contributed by atoms with Gasteiger partial charge in [-0.05, 0) is 27.1 Å². The highest BCUT2D eigenvalue weighted by Crippen LogP contribution is 2.29. The lowest BCUT2D eigenvalue weighted by atomic mass is 9.99. The van der Waals surface area contributed by atoms with Crippen molar-refractivity contribution in [3.05, 3.63) is 29.3 Å². The molecule has 2 unspecified atom stereocenters. The average molecular weight is 244 g/mol. The lowest BCUT2D eigenvalue weighted by molar-refractivity contribution is 0.258. The second-order valence-corrected chi connectivity index (χ2v) is 4.28. The maximum atomic E-state index is 13.9. The number of rotatable bonds is 4. The number of ether oxygens (including phenoxy) is 1. The fourth-order valence-electron chi connectivity index (χ4n) is 1.96. The molecule has 0 aromatic heterocycles. The monoisotopic (exact) mass is 244 g/mol. The van der Waals surface area contributed by atoms with E-state index in [2.05, 4.69) is 0 Å². The lowest BCUT2D eigenvalue weighted by Crippen LogP contribution is -2.35. The Morgan fingerprint density at radius 3 is 2.24 bits per heavy atom. The Balaban J connectivity index is 3.25. The van der Waals surface area contributed by atoms with Crippen LogP contribution in [0.4, 0.5) is 8.78 Å². The molecular weight excluding hydrogens is 226 g/mol. The number of methoxy groups -OCH3 is 1. The summed E-state index contributed by atoms with van der Waals surface area (Å²) in [6, 6.07) is 1.49. The normalized spacial score (nSPS) is 14.8. The number of hydrogen-bond acceptors (Lipinski definition) is 3. The molecule has 1 aromatic carbocycles. The summed E-state index contributed by atoms with van der Waals surface area (Å²) < 4.78 is 32.1. The van der Waals surface area contributed by atoms with Gasteiger partial charge in [0.15, 0.2) is 11.6 Å². The van der Waals surface area contributed by atoms with Crippen molar-refractivity contribution < 1.29 is 13.5 Å². The molecule has 2 atom stereocenters. The molecule has 1 aromatic rings. The van der Waals surface area contributed by atoms with E-state index in [-0.39, 0.29) is 23.4 Å². The van der Waals surface area contributed by atoms with E-state index in [4.69, 9.17) is 10.5 Å². The molecule has 0 aliphatic heterocycles. The molecule has 0 saturated heterocycles. The Morgan fingerprint density at radius 2 is 1.82 bits per heavy atom. The first-order chi connectivity index (χ1) is 7.88. The highest BCUT2D eigenvalue weighted by Gasteiger charge is 2.23. The Labute approximate surface area is 100 Å². The van der Waals surface area contributed by atoms with E-state index in [9.17, 15) is 8.78 Å². The lowest BCUT2D eigenvalue weighted by Gasteiger charge is -2.28. The van der Waals surface area contributed by atoms with Crippen molar-refractivity contribution in [3.63, 3.8) is 0 Å². The minimum atomic E-state index is -0.587. The molecule has 5 heteroatoms. The van der Waals surface area contributed by atoms with E-state index in [0.29, 0.717) is 0 Å². The van der Waals surface area contributed by atoms with E-state index in [1.165, 1.54) is 7.11 Å². The summed E-state index contributed by atoms with van der Waals surface area (Å²) in [7, 11) is 4.84. The molecule has 0 bridgehead atoms. The van der Waals surface area contributed by atoms with Gasteiger partial charge in [-0.1, -0.05) is 0 Å². The maximum Gasteiger partial charge on any atom is 0.165 e. The fourth-order valence-corrected chi connectivity index (χ4v) is 1.96. The summed E-state index contributed by atoms with van der Waals surface area (Å²) in [4.78, 5) is 1.76. The summed E-state index contributed by atoms with van der Waals surface area (Å²) in [6.07, 6.45) is 0. The number of nitrogens with zero attached hydrogens (tertiary/aromatic N) is 1. The Bertz CT molecular complexity index is 386. The smallest absolute Gasteiger partial charge is 0.165 e. The van der Waals surface area contributed by atoms with Gasteiger partial charge in [0.2, 0.25) is 0 Å². The Hall–Kier alpha value is -1.20. The van der Waals surface area contributed by atoms with Gasteiger partial charge in [0, 0.05) is 17.7 Å². The first kappa shape index (κ1) is 13.9. The second kappa shape index (κ2) is 5.42. The van der Waals surface area contributed by atoms with E-state index >= 15 is 0 Å². The third-order valence-electron chi connectivity index (χ3n) is 2.64. The average Bonchev–Trinajstić information content (AvgIpc) is 2.21. The fraction of sp³-hybridized carbons (Fsp3) is 0.500. The predicted molar refractivity (Wildman–Crippen MR) is 63.0 cm³/mol. The molecule has 2 N–H and O–H groups in total. The van der Waals surface area contributed by atoms with Gasteiger partial charge in [0.25, 0.3) is 0 Å². The number of hydrogen-bond donors (Lipinski definition) is 1. The standard InChI is InChI=1S/C12H18F2N2O/c1-7(15)12(16(2)3)8-5-10(14)11(17-4)6-9(8)13/h5-7,12H,15H2,1-4H3. The third kappa shape index (κ3) is 2.92. The largest absolute Gasteiger partial charge is 0.494 e. The Kier molecular flexibility index (Phi) is 4.42. The summed E-state index contributed by atoms with van der Waals surface area (Å²) >= 11 is 0. The van der Waals surface area contributed by atoms with Crippen LogP contribution in [0.5, 0.6) is 5.75 Å². The third-order valence-corrected chi connectivity index (χ3v) is 2.64. The van der Waals surface area contributed by atoms with Gasteiger partial charge >= 0.3 is 0 Å². The van der Waals surface area contributed by atoms with Crippen molar-refractivity contribution in [2.45, 2.75) is 19.0 Å². The van der Waals surface area contributed by atoms with Crippen LogP contribution in [0.25, 0.3) is 0 Å². The van der Waals surface area contributed by atoms with Crippen LogP contribution in [0.3, 0.4) is 0 Å². The quantitative estimate of drug-likeness (QED) is 0.879. The van der Waals surface area contributed by atoms with Gasteiger partial charge < -0.3 is 15.4 Å². The maximum absolute atomic E-state index is 13.9. The van der Waals surface area contributed by atoms with Crippen LogP contribution in [0.1, 0.15) is 18.5 Å². The van der Waals surface area contributed by atoms with Crippen molar-refractivity contribution in [2.24, 2.45) is 5.73 Å². The molecule has 0 radical (unpaired) electrons. The summed E-state index contributed by atoms with van der Waals surface area (Å²) in [6.45, 7) is 1.76. The zero-order valence-electron chi connectivity index (χ0n) is 10.5. The van der Waals surface area contributed by atoms with Crippen molar-refractivity contribution in [1.29, 1.82) is 0 Å². The minimum absolute atomic E-state index is 0.103. The molecule has 17 heavy (non-hydrogen) atoms. The number of benzene rings is 1. The zero-order chi connectivity index (χ0) is 13.2. The first-order valence-corrected chi connectivity index (χ1v) is 5.33. The molecule has 0 fully saturated rings. The van der Waals surface area contributed by atoms with E-state index < -0.39 is 11.6 Å². The highest BCUT2D eigenvalue weighted by atomic mass is 19.1. The van der Waals surface area contributed by atoms with Crippen LogP contribution in [0.15, 0.2) is 12.1 Å². The van der Waals surface area contributed by atoms with E-state index in [1.807, 2.05) is 0 Å². The van der Waals surface area contributed by atoms with Gasteiger partial charge in [-0.25, -0.2) is 8.78 Å². The Morgan fingerprint density at radius 1 is 1.24 bits per heavy atom. The predicted octanol–water partition coefficient (Wildman–Crippen LogP) is 1.92. The minimum Gasteiger partial charge on any atom is -0.494 e. The molecule has 0 heterocycles. The van der Waals surface area contributed by atoms with Gasteiger partial charge in [0.1, 0.15) is 5.82 Å². The molecule has 0 spiro atoms. The summed E-state index contributed by atoms with van der Waals surface area (Å²) in [5.74, 6) is -1.20. The molecule has 96 valence electrons. The molecule has 1 rings (SSSR count). The number of likely N-dealkylation sites (N-methyl/N-ethyl adjacent to an activating group) is 1. The molecular formula is C12H18F2N2O. The summed E-state index contributed by atoms with van der Waals surface area (Å²) in [5.41, 5.74) is 6.04. The van der Waals surface area contributed by atoms with Gasteiger partial charge in [-0.15, -0.1) is 0 Å². The second-order valence-electron chi connectivity index (χ2n) is 4.28. The van der Waals surface area contributed by atoms with Crippen LogP contribution in [0.2, 0.25) is 0 Å². The van der Waals surface area contributed by atoms with Crippen molar-refractivity contribution in [1.82, 2.24) is 4.90 Å². The van der Waals surface area contributed by atoms with Crippen molar-refractivity contribution in [2.75, 3.05) is 21.2 Å². The highest BCUT2D eigenvalue weighted by molar-refractivity contribution is 5.33. The molecule has 0 amide bonds.